The first-order chi connectivity index (χ1) is 13.2. The van der Waals surface area contributed by atoms with Gasteiger partial charge in [0.2, 0.25) is 11.8 Å². The molecule has 1 aliphatic carbocycles. The molecule has 1 aromatic carbocycles. The van der Waals surface area contributed by atoms with E-state index in [0.717, 1.165) is 24.8 Å². The number of amides is 2. The van der Waals surface area contributed by atoms with E-state index in [4.69, 9.17) is 0 Å². The van der Waals surface area contributed by atoms with E-state index in [2.05, 4.69) is 40.8 Å². The van der Waals surface area contributed by atoms with Crippen LogP contribution in [-0.4, -0.2) is 40.8 Å². The summed E-state index contributed by atoms with van der Waals surface area (Å²) >= 11 is 0. The first-order valence-electron chi connectivity index (χ1n) is 10.0. The highest BCUT2D eigenvalue weighted by Gasteiger charge is 2.21. The lowest BCUT2D eigenvalue weighted by atomic mass is 9.98. The number of aromatic amines is 1. The van der Waals surface area contributed by atoms with E-state index in [1.54, 1.807) is 0 Å². The fraction of sp³-hybridized carbons (Fsp3) is 0.455. The van der Waals surface area contributed by atoms with E-state index in [1.165, 1.54) is 29.4 Å². The summed E-state index contributed by atoms with van der Waals surface area (Å²) in [5, 5.41) is 4.28. The van der Waals surface area contributed by atoms with Gasteiger partial charge in [-0.05, 0) is 30.9 Å². The molecule has 27 heavy (non-hydrogen) atoms. The Bertz CT molecular complexity index is 861. The number of hydrogen-bond acceptors (Lipinski definition) is 2. The number of fused-ring (bicyclic) bond motifs is 1. The molecule has 2 heterocycles. The van der Waals surface area contributed by atoms with Crippen molar-refractivity contribution in [3.05, 3.63) is 42.1 Å². The molecule has 1 aromatic heterocycles. The zero-order chi connectivity index (χ0) is 18.6. The monoisotopic (exact) mass is 365 g/mol. The molecule has 0 atom stereocenters. The maximum absolute atomic E-state index is 12.5. The summed E-state index contributed by atoms with van der Waals surface area (Å²) in [6.07, 6.45) is 10.2. The van der Waals surface area contributed by atoms with Crippen molar-refractivity contribution in [2.45, 2.75) is 51.0 Å². The Morgan fingerprint density at radius 3 is 2.74 bits per heavy atom. The van der Waals surface area contributed by atoms with Gasteiger partial charge in [0.25, 0.3) is 0 Å². The molecule has 1 aliphatic heterocycles. The highest BCUT2D eigenvalue weighted by atomic mass is 16.2. The second-order valence-corrected chi connectivity index (χ2v) is 7.62. The summed E-state index contributed by atoms with van der Waals surface area (Å²) in [5.41, 5.74) is 3.66. The fourth-order valence-electron chi connectivity index (χ4n) is 4.23. The number of hydrogen-bond donors (Lipinski definition) is 2. The average molecular weight is 365 g/mol. The van der Waals surface area contributed by atoms with Gasteiger partial charge in [-0.1, -0.05) is 37.1 Å². The van der Waals surface area contributed by atoms with Crippen molar-refractivity contribution in [1.82, 2.24) is 15.2 Å². The molecule has 142 valence electrons. The number of nitrogens with zero attached hydrogens (tertiary/aromatic N) is 1. The van der Waals surface area contributed by atoms with E-state index in [9.17, 15) is 9.59 Å². The zero-order valence-corrected chi connectivity index (χ0v) is 15.7. The molecule has 5 nitrogen and oxygen atoms in total. The highest BCUT2D eigenvalue weighted by Crippen LogP contribution is 2.29. The molecule has 0 radical (unpaired) electrons. The highest BCUT2D eigenvalue weighted by molar-refractivity contribution is 5.93. The first kappa shape index (κ1) is 17.8. The molecular formula is C22H27N3O2. The molecule has 0 bridgehead atoms. The maximum Gasteiger partial charge on any atom is 0.223 e. The third-order valence-corrected chi connectivity index (χ3v) is 5.78. The van der Waals surface area contributed by atoms with Crippen LogP contribution in [0.15, 0.2) is 36.5 Å². The van der Waals surface area contributed by atoms with Crippen LogP contribution in [0.1, 0.15) is 50.5 Å². The summed E-state index contributed by atoms with van der Waals surface area (Å²) < 4.78 is 0. The van der Waals surface area contributed by atoms with Crippen molar-refractivity contribution in [1.29, 1.82) is 0 Å². The van der Waals surface area contributed by atoms with Crippen molar-refractivity contribution in [3.8, 4) is 0 Å². The van der Waals surface area contributed by atoms with Crippen LogP contribution in [0.5, 0.6) is 0 Å². The van der Waals surface area contributed by atoms with Gasteiger partial charge < -0.3 is 15.2 Å². The number of carbonyl (C=O) groups is 2. The molecule has 2 aliphatic rings. The van der Waals surface area contributed by atoms with Crippen LogP contribution in [0.2, 0.25) is 0 Å². The van der Waals surface area contributed by atoms with Gasteiger partial charge in [0, 0.05) is 54.6 Å². The second kappa shape index (κ2) is 7.99. The van der Waals surface area contributed by atoms with E-state index < -0.39 is 0 Å². The SMILES string of the molecule is O=C(CCC(=O)N1CC=C(c2c[nH]c3ccccc23)CC1)NC1CCCC1. The molecule has 0 saturated heterocycles. The van der Waals surface area contributed by atoms with Crippen LogP contribution in [0.4, 0.5) is 0 Å². The molecule has 2 aromatic rings. The predicted molar refractivity (Wildman–Crippen MR) is 107 cm³/mol. The number of aromatic nitrogens is 1. The van der Waals surface area contributed by atoms with Crippen LogP contribution in [-0.2, 0) is 9.59 Å². The molecule has 4 rings (SSSR count). The van der Waals surface area contributed by atoms with E-state index >= 15 is 0 Å². The summed E-state index contributed by atoms with van der Waals surface area (Å²) in [5.74, 6) is 0.0908. The Morgan fingerprint density at radius 1 is 1.15 bits per heavy atom. The summed E-state index contributed by atoms with van der Waals surface area (Å²) in [7, 11) is 0. The van der Waals surface area contributed by atoms with E-state index in [-0.39, 0.29) is 11.8 Å². The lowest BCUT2D eigenvalue weighted by molar-refractivity contribution is -0.133. The van der Waals surface area contributed by atoms with Crippen LogP contribution < -0.4 is 5.32 Å². The summed E-state index contributed by atoms with van der Waals surface area (Å²) in [6.45, 7) is 1.34. The van der Waals surface area contributed by atoms with Crippen molar-refractivity contribution in [2.24, 2.45) is 0 Å². The second-order valence-electron chi connectivity index (χ2n) is 7.62. The van der Waals surface area contributed by atoms with Gasteiger partial charge in [0.05, 0.1) is 0 Å². The summed E-state index contributed by atoms with van der Waals surface area (Å²) in [6, 6.07) is 8.61. The molecule has 5 heteroatoms. The van der Waals surface area contributed by atoms with Gasteiger partial charge in [-0.15, -0.1) is 0 Å². The Morgan fingerprint density at radius 2 is 1.96 bits per heavy atom. The van der Waals surface area contributed by atoms with E-state index in [1.807, 2.05) is 11.0 Å². The van der Waals surface area contributed by atoms with E-state index in [0.29, 0.717) is 32.0 Å². The Balaban J connectivity index is 1.30. The third-order valence-electron chi connectivity index (χ3n) is 5.78. The minimum absolute atomic E-state index is 0.0160. The minimum atomic E-state index is 0.0160. The van der Waals surface area contributed by atoms with Crippen LogP contribution in [0.25, 0.3) is 16.5 Å². The fourth-order valence-corrected chi connectivity index (χ4v) is 4.23. The number of benzene rings is 1. The Labute approximate surface area is 159 Å². The van der Waals surface area contributed by atoms with Gasteiger partial charge in [-0.3, -0.25) is 9.59 Å². The largest absolute Gasteiger partial charge is 0.361 e. The lowest BCUT2D eigenvalue weighted by Crippen LogP contribution is -2.37. The normalized spacial score (nSPS) is 17.9. The minimum Gasteiger partial charge on any atom is -0.361 e. The molecular weight excluding hydrogens is 338 g/mol. The van der Waals surface area contributed by atoms with Crippen LogP contribution in [0.3, 0.4) is 0 Å². The Kier molecular flexibility index (Phi) is 5.28. The van der Waals surface area contributed by atoms with Crippen molar-refractivity contribution in [3.63, 3.8) is 0 Å². The number of rotatable bonds is 5. The molecule has 1 fully saturated rings. The van der Waals surface area contributed by atoms with Crippen LogP contribution >= 0.6 is 0 Å². The topological polar surface area (TPSA) is 65.2 Å². The standard InChI is InChI=1S/C22H27N3O2/c26-21(24-17-5-1-2-6-17)9-10-22(27)25-13-11-16(12-14-25)19-15-23-20-8-4-3-7-18(19)20/h3-4,7-8,11,15,17,23H,1-2,5-6,9-10,12-14H2,(H,24,26). The lowest BCUT2D eigenvalue weighted by Gasteiger charge is -2.26. The zero-order valence-electron chi connectivity index (χ0n) is 15.7. The average Bonchev–Trinajstić information content (AvgIpc) is 3.36. The van der Waals surface area contributed by atoms with Gasteiger partial charge in [-0.2, -0.15) is 0 Å². The van der Waals surface area contributed by atoms with Crippen LogP contribution in [0, 0.1) is 0 Å². The third kappa shape index (κ3) is 4.07. The molecule has 1 saturated carbocycles. The van der Waals surface area contributed by atoms with Gasteiger partial charge in [0.15, 0.2) is 0 Å². The first-order valence-corrected chi connectivity index (χ1v) is 10.0. The van der Waals surface area contributed by atoms with Gasteiger partial charge in [0.1, 0.15) is 0 Å². The number of H-pyrrole nitrogens is 1. The molecule has 2 amide bonds. The molecule has 0 spiro atoms. The van der Waals surface area contributed by atoms with Gasteiger partial charge in [-0.25, -0.2) is 0 Å². The van der Waals surface area contributed by atoms with Crippen molar-refractivity contribution < 1.29 is 9.59 Å². The predicted octanol–water partition coefficient (Wildman–Crippen LogP) is 3.62. The maximum atomic E-state index is 12.5. The smallest absolute Gasteiger partial charge is 0.223 e. The number of para-hydroxylation sites is 1. The Hall–Kier alpha value is -2.56. The van der Waals surface area contributed by atoms with Crippen molar-refractivity contribution in [2.75, 3.05) is 13.1 Å². The number of carbonyl (C=O) groups excluding carboxylic acids is 2. The summed E-state index contributed by atoms with van der Waals surface area (Å²) in [4.78, 5) is 29.7. The molecule has 0 unspecified atom stereocenters. The van der Waals surface area contributed by atoms with Gasteiger partial charge >= 0.3 is 0 Å². The van der Waals surface area contributed by atoms with Crippen molar-refractivity contribution >= 4 is 28.3 Å². The number of nitrogens with one attached hydrogen (secondary N) is 2. The quantitative estimate of drug-likeness (QED) is 0.850. The molecule has 2 N–H and O–H groups in total.